The highest BCUT2D eigenvalue weighted by molar-refractivity contribution is 7.13. The fourth-order valence-corrected chi connectivity index (χ4v) is 2.96. The second-order valence-electron chi connectivity index (χ2n) is 5.35. The van der Waals surface area contributed by atoms with E-state index in [-0.39, 0.29) is 5.91 Å². The smallest absolute Gasteiger partial charge is 0.276 e. The van der Waals surface area contributed by atoms with E-state index >= 15 is 0 Å². The number of carbonyl (C=O) groups excluding carboxylic acids is 1. The van der Waals surface area contributed by atoms with Crippen LogP contribution in [0.25, 0.3) is 10.6 Å². The molecule has 2 aromatic heterocycles. The van der Waals surface area contributed by atoms with Crippen LogP contribution in [0.1, 0.15) is 34.9 Å². The summed E-state index contributed by atoms with van der Waals surface area (Å²) in [7, 11) is 0. The van der Waals surface area contributed by atoms with Crippen molar-refractivity contribution in [1.29, 1.82) is 0 Å². The van der Waals surface area contributed by atoms with Gasteiger partial charge < -0.3 is 5.32 Å². The maximum absolute atomic E-state index is 12.2. The van der Waals surface area contributed by atoms with E-state index in [2.05, 4.69) is 20.5 Å². The SMILES string of the molecule is O=C(Nc1ccc(-c2nccs2)cc1)c1cc(C2CC2)[nH]n1. The first kappa shape index (κ1) is 13.2. The summed E-state index contributed by atoms with van der Waals surface area (Å²) in [6.45, 7) is 0. The predicted octanol–water partition coefficient (Wildman–Crippen LogP) is 3.66. The number of nitrogens with zero attached hydrogens (tertiary/aromatic N) is 2. The number of aromatic amines is 1. The summed E-state index contributed by atoms with van der Waals surface area (Å²) in [5, 5.41) is 12.8. The van der Waals surface area contributed by atoms with Gasteiger partial charge in [0.15, 0.2) is 5.69 Å². The number of hydrogen-bond donors (Lipinski definition) is 2. The van der Waals surface area contributed by atoms with Gasteiger partial charge >= 0.3 is 0 Å². The molecule has 1 fully saturated rings. The number of aromatic nitrogens is 3. The lowest BCUT2D eigenvalue weighted by atomic mass is 10.2. The van der Waals surface area contributed by atoms with Gasteiger partial charge in [-0.05, 0) is 43.2 Å². The monoisotopic (exact) mass is 310 g/mol. The van der Waals surface area contributed by atoms with E-state index in [1.807, 2.05) is 35.7 Å². The van der Waals surface area contributed by atoms with Gasteiger partial charge in [-0.2, -0.15) is 5.10 Å². The average Bonchev–Trinajstić information content (AvgIpc) is 3.05. The van der Waals surface area contributed by atoms with Gasteiger partial charge in [-0.25, -0.2) is 4.98 Å². The lowest BCUT2D eigenvalue weighted by Gasteiger charge is -2.03. The van der Waals surface area contributed by atoms with Crippen LogP contribution in [0.2, 0.25) is 0 Å². The minimum atomic E-state index is -0.190. The molecule has 1 amide bonds. The summed E-state index contributed by atoms with van der Waals surface area (Å²) in [6, 6.07) is 9.51. The van der Waals surface area contributed by atoms with Crippen molar-refractivity contribution < 1.29 is 4.79 Å². The minimum Gasteiger partial charge on any atom is -0.321 e. The minimum absolute atomic E-state index is 0.190. The van der Waals surface area contributed by atoms with E-state index in [9.17, 15) is 4.79 Å². The van der Waals surface area contributed by atoms with Crippen LogP contribution in [0, 0.1) is 0 Å². The molecule has 1 aromatic carbocycles. The molecule has 22 heavy (non-hydrogen) atoms. The summed E-state index contributed by atoms with van der Waals surface area (Å²) >= 11 is 1.59. The zero-order valence-corrected chi connectivity index (χ0v) is 12.6. The number of amides is 1. The molecular formula is C16H14N4OS. The molecule has 110 valence electrons. The van der Waals surface area contributed by atoms with Crippen LogP contribution in [-0.2, 0) is 0 Å². The zero-order chi connectivity index (χ0) is 14.9. The first-order chi connectivity index (χ1) is 10.8. The quantitative estimate of drug-likeness (QED) is 0.772. The molecule has 4 rings (SSSR count). The molecule has 0 saturated heterocycles. The van der Waals surface area contributed by atoms with Crippen molar-refractivity contribution in [2.75, 3.05) is 5.32 Å². The van der Waals surface area contributed by atoms with Crippen molar-refractivity contribution in [2.45, 2.75) is 18.8 Å². The van der Waals surface area contributed by atoms with Crippen molar-refractivity contribution in [2.24, 2.45) is 0 Å². The highest BCUT2D eigenvalue weighted by Crippen LogP contribution is 2.39. The van der Waals surface area contributed by atoms with Gasteiger partial charge in [0.1, 0.15) is 5.01 Å². The van der Waals surface area contributed by atoms with E-state index < -0.39 is 0 Å². The number of carbonyl (C=O) groups is 1. The van der Waals surface area contributed by atoms with Crippen LogP contribution in [-0.4, -0.2) is 21.1 Å². The number of thiazole rings is 1. The average molecular weight is 310 g/mol. The van der Waals surface area contributed by atoms with Gasteiger partial charge in [0.05, 0.1) is 0 Å². The highest BCUT2D eigenvalue weighted by Gasteiger charge is 2.26. The third-order valence-corrected chi connectivity index (χ3v) is 4.49. The van der Waals surface area contributed by atoms with Gasteiger partial charge in [-0.1, -0.05) is 0 Å². The standard InChI is InChI=1S/C16H14N4OS/c21-15(14-9-13(19-20-14)10-1-2-10)18-12-5-3-11(4-6-12)16-17-7-8-22-16/h3-10H,1-2H2,(H,18,21)(H,19,20). The van der Waals surface area contributed by atoms with E-state index in [4.69, 9.17) is 0 Å². The molecule has 0 radical (unpaired) electrons. The molecule has 5 nitrogen and oxygen atoms in total. The Morgan fingerprint density at radius 1 is 1.27 bits per heavy atom. The summed E-state index contributed by atoms with van der Waals surface area (Å²) in [5.41, 5.74) is 3.29. The fourth-order valence-electron chi connectivity index (χ4n) is 2.31. The first-order valence-electron chi connectivity index (χ1n) is 7.16. The Balaban J connectivity index is 1.46. The van der Waals surface area contributed by atoms with Crippen LogP contribution in [0.3, 0.4) is 0 Å². The van der Waals surface area contributed by atoms with E-state index in [0.717, 1.165) is 22.0 Å². The largest absolute Gasteiger partial charge is 0.321 e. The normalized spacial score (nSPS) is 14.0. The molecule has 1 aliphatic rings. The zero-order valence-electron chi connectivity index (χ0n) is 11.7. The molecule has 0 bridgehead atoms. The number of benzene rings is 1. The van der Waals surface area contributed by atoms with Crippen molar-refractivity contribution in [3.05, 3.63) is 53.3 Å². The molecule has 0 unspecified atom stereocenters. The Labute approximate surface area is 131 Å². The number of H-pyrrole nitrogens is 1. The van der Waals surface area contributed by atoms with Gasteiger partial charge in [0.25, 0.3) is 5.91 Å². The lowest BCUT2D eigenvalue weighted by Crippen LogP contribution is -2.12. The van der Waals surface area contributed by atoms with E-state index in [1.165, 1.54) is 12.8 Å². The predicted molar refractivity (Wildman–Crippen MR) is 86.1 cm³/mol. The third-order valence-electron chi connectivity index (χ3n) is 3.67. The second-order valence-corrected chi connectivity index (χ2v) is 6.25. The first-order valence-corrected chi connectivity index (χ1v) is 8.04. The van der Waals surface area contributed by atoms with Crippen molar-refractivity contribution >= 4 is 22.9 Å². The van der Waals surface area contributed by atoms with Crippen LogP contribution < -0.4 is 5.32 Å². The van der Waals surface area contributed by atoms with Crippen LogP contribution >= 0.6 is 11.3 Å². The van der Waals surface area contributed by atoms with Gasteiger partial charge in [0.2, 0.25) is 0 Å². The molecule has 6 heteroatoms. The molecule has 1 aliphatic carbocycles. The summed E-state index contributed by atoms with van der Waals surface area (Å²) < 4.78 is 0. The molecule has 0 atom stereocenters. The van der Waals surface area contributed by atoms with Crippen molar-refractivity contribution in [1.82, 2.24) is 15.2 Å². The topological polar surface area (TPSA) is 70.7 Å². The second kappa shape index (κ2) is 5.38. The van der Waals surface area contributed by atoms with Crippen LogP contribution in [0.5, 0.6) is 0 Å². The number of nitrogens with one attached hydrogen (secondary N) is 2. The Morgan fingerprint density at radius 3 is 2.77 bits per heavy atom. The fraction of sp³-hybridized carbons (Fsp3) is 0.188. The third kappa shape index (κ3) is 2.65. The van der Waals surface area contributed by atoms with E-state index in [1.54, 1.807) is 17.5 Å². The lowest BCUT2D eigenvalue weighted by molar-refractivity contribution is 0.102. The summed E-state index contributed by atoms with van der Waals surface area (Å²) in [4.78, 5) is 16.4. The maximum atomic E-state index is 12.2. The number of anilines is 1. The van der Waals surface area contributed by atoms with Crippen LogP contribution in [0.15, 0.2) is 41.9 Å². The number of rotatable bonds is 4. The van der Waals surface area contributed by atoms with Gasteiger partial charge in [0, 0.05) is 34.4 Å². The molecule has 2 N–H and O–H groups in total. The molecule has 2 heterocycles. The molecular weight excluding hydrogens is 296 g/mol. The van der Waals surface area contributed by atoms with Crippen molar-refractivity contribution in [3.8, 4) is 10.6 Å². The molecule has 0 aliphatic heterocycles. The van der Waals surface area contributed by atoms with E-state index in [0.29, 0.717) is 11.6 Å². The highest BCUT2D eigenvalue weighted by atomic mass is 32.1. The summed E-state index contributed by atoms with van der Waals surface area (Å²) in [5.74, 6) is 0.372. The molecule has 0 spiro atoms. The molecule has 1 saturated carbocycles. The Morgan fingerprint density at radius 2 is 2.09 bits per heavy atom. The molecule has 3 aromatic rings. The summed E-state index contributed by atoms with van der Waals surface area (Å²) in [6.07, 6.45) is 4.15. The van der Waals surface area contributed by atoms with Gasteiger partial charge in [-0.3, -0.25) is 9.89 Å². The Hall–Kier alpha value is -2.47. The van der Waals surface area contributed by atoms with Crippen LogP contribution in [0.4, 0.5) is 5.69 Å². The Kier molecular flexibility index (Phi) is 3.23. The Bertz CT molecular complexity index is 788. The van der Waals surface area contributed by atoms with Crippen molar-refractivity contribution in [3.63, 3.8) is 0 Å². The number of hydrogen-bond acceptors (Lipinski definition) is 4. The van der Waals surface area contributed by atoms with Gasteiger partial charge in [-0.15, -0.1) is 11.3 Å². The maximum Gasteiger partial charge on any atom is 0.276 e.